The van der Waals surface area contributed by atoms with Gasteiger partial charge in [-0.15, -0.1) is 0 Å². The highest BCUT2D eigenvalue weighted by molar-refractivity contribution is 5.68. The molecule has 0 radical (unpaired) electrons. The molecule has 1 rings (SSSR count). The van der Waals surface area contributed by atoms with Gasteiger partial charge < -0.3 is 14.8 Å². The standard InChI is InChI=1S/C10H17F2NO3/c1-9(2,3)16-8(14)13-7-5-4-6-15-10(7,11)12/h7H,4-6H2,1-3H3,(H,13,14). The average molecular weight is 237 g/mol. The van der Waals surface area contributed by atoms with Crippen molar-refractivity contribution in [2.45, 2.75) is 51.4 Å². The van der Waals surface area contributed by atoms with Crippen molar-refractivity contribution in [3.63, 3.8) is 0 Å². The molecule has 0 saturated carbocycles. The summed E-state index contributed by atoms with van der Waals surface area (Å²) in [6.07, 6.45) is -3.47. The number of nitrogens with one attached hydrogen (secondary N) is 1. The van der Waals surface area contributed by atoms with Crippen LogP contribution in [0.4, 0.5) is 13.6 Å². The van der Waals surface area contributed by atoms with Crippen LogP contribution in [0.2, 0.25) is 0 Å². The Morgan fingerprint density at radius 3 is 2.62 bits per heavy atom. The molecular weight excluding hydrogens is 220 g/mol. The van der Waals surface area contributed by atoms with Crippen molar-refractivity contribution in [2.75, 3.05) is 6.61 Å². The highest BCUT2D eigenvalue weighted by Gasteiger charge is 2.44. The van der Waals surface area contributed by atoms with E-state index in [0.29, 0.717) is 6.42 Å². The Balaban J connectivity index is 2.49. The van der Waals surface area contributed by atoms with Gasteiger partial charge in [0.15, 0.2) is 0 Å². The first-order chi connectivity index (χ1) is 7.21. The molecule has 6 heteroatoms. The largest absolute Gasteiger partial charge is 0.444 e. The fourth-order valence-electron chi connectivity index (χ4n) is 1.37. The molecule has 0 spiro atoms. The smallest absolute Gasteiger partial charge is 0.408 e. The second kappa shape index (κ2) is 4.53. The molecule has 1 unspecified atom stereocenters. The second-order valence-corrected chi connectivity index (χ2v) is 4.75. The molecule has 0 aromatic heterocycles. The van der Waals surface area contributed by atoms with Crippen molar-refractivity contribution in [3.05, 3.63) is 0 Å². The van der Waals surface area contributed by atoms with E-state index in [1.165, 1.54) is 0 Å². The molecule has 1 aliphatic rings. The number of carbonyl (C=O) groups is 1. The van der Waals surface area contributed by atoms with Crippen LogP contribution in [0, 0.1) is 0 Å². The molecule has 0 bridgehead atoms. The van der Waals surface area contributed by atoms with Crippen molar-refractivity contribution in [1.29, 1.82) is 0 Å². The Morgan fingerprint density at radius 1 is 1.50 bits per heavy atom. The van der Waals surface area contributed by atoms with Gasteiger partial charge >= 0.3 is 12.2 Å². The summed E-state index contributed by atoms with van der Waals surface area (Å²) in [5.41, 5.74) is -0.700. The molecule has 0 aromatic carbocycles. The lowest BCUT2D eigenvalue weighted by Crippen LogP contribution is -2.52. The number of alkyl halides is 2. The van der Waals surface area contributed by atoms with Gasteiger partial charge in [-0.1, -0.05) is 0 Å². The van der Waals surface area contributed by atoms with Crippen LogP contribution in [0.5, 0.6) is 0 Å². The van der Waals surface area contributed by atoms with Crippen LogP contribution in [0.1, 0.15) is 33.6 Å². The third kappa shape index (κ3) is 3.92. The van der Waals surface area contributed by atoms with Gasteiger partial charge in [0.1, 0.15) is 11.6 Å². The lowest BCUT2D eigenvalue weighted by atomic mass is 10.1. The topological polar surface area (TPSA) is 47.6 Å². The van der Waals surface area contributed by atoms with Crippen LogP contribution in [0.25, 0.3) is 0 Å². The van der Waals surface area contributed by atoms with E-state index >= 15 is 0 Å². The fraction of sp³-hybridized carbons (Fsp3) is 0.900. The summed E-state index contributed by atoms with van der Waals surface area (Å²) in [6.45, 7) is 5.02. The molecule has 0 aromatic rings. The Bertz CT molecular complexity index is 263. The third-order valence-corrected chi connectivity index (χ3v) is 2.03. The molecule has 16 heavy (non-hydrogen) atoms. The summed E-state index contributed by atoms with van der Waals surface area (Å²) >= 11 is 0. The van der Waals surface area contributed by atoms with E-state index in [4.69, 9.17) is 4.74 Å². The van der Waals surface area contributed by atoms with Crippen molar-refractivity contribution < 1.29 is 23.0 Å². The van der Waals surface area contributed by atoms with Gasteiger partial charge in [-0.25, -0.2) is 4.79 Å². The Kier molecular flexibility index (Phi) is 3.72. The summed E-state index contributed by atoms with van der Waals surface area (Å²) in [7, 11) is 0. The van der Waals surface area contributed by atoms with Crippen LogP contribution in [-0.4, -0.2) is 30.5 Å². The quantitative estimate of drug-likeness (QED) is 0.761. The Morgan fingerprint density at radius 2 is 2.12 bits per heavy atom. The number of alkyl carbamates (subject to hydrolysis) is 1. The van der Waals surface area contributed by atoms with Crippen LogP contribution in [0.3, 0.4) is 0 Å². The first kappa shape index (κ1) is 13.2. The fourth-order valence-corrected chi connectivity index (χ4v) is 1.37. The maximum absolute atomic E-state index is 13.2. The van der Waals surface area contributed by atoms with Gasteiger partial charge in [0.2, 0.25) is 0 Å². The number of carbonyl (C=O) groups excluding carboxylic acids is 1. The molecule has 1 fully saturated rings. The zero-order chi connectivity index (χ0) is 12.4. The molecule has 1 amide bonds. The molecule has 1 heterocycles. The first-order valence-electron chi connectivity index (χ1n) is 5.22. The lowest BCUT2D eigenvalue weighted by molar-refractivity contribution is -0.272. The highest BCUT2D eigenvalue weighted by atomic mass is 19.3. The van der Waals surface area contributed by atoms with Crippen LogP contribution in [-0.2, 0) is 9.47 Å². The number of amides is 1. The number of ether oxygens (including phenoxy) is 2. The van der Waals surface area contributed by atoms with E-state index in [2.05, 4.69) is 10.1 Å². The van der Waals surface area contributed by atoms with Gasteiger partial charge in [0.05, 0.1) is 6.61 Å². The molecule has 1 aliphatic heterocycles. The number of hydrogen-bond acceptors (Lipinski definition) is 3. The Labute approximate surface area is 93.3 Å². The summed E-state index contributed by atoms with van der Waals surface area (Å²) in [5, 5.41) is 2.13. The zero-order valence-corrected chi connectivity index (χ0v) is 9.68. The van der Waals surface area contributed by atoms with Crippen LogP contribution in [0.15, 0.2) is 0 Å². The number of rotatable bonds is 1. The molecule has 4 nitrogen and oxygen atoms in total. The first-order valence-corrected chi connectivity index (χ1v) is 5.22. The van der Waals surface area contributed by atoms with E-state index in [1.54, 1.807) is 20.8 Å². The van der Waals surface area contributed by atoms with Gasteiger partial charge in [0, 0.05) is 0 Å². The van der Waals surface area contributed by atoms with Crippen molar-refractivity contribution >= 4 is 6.09 Å². The summed E-state index contributed by atoms with van der Waals surface area (Å²) in [4.78, 5) is 11.3. The highest BCUT2D eigenvalue weighted by Crippen LogP contribution is 2.28. The van der Waals surface area contributed by atoms with Gasteiger partial charge in [-0.3, -0.25) is 0 Å². The van der Waals surface area contributed by atoms with Crippen LogP contribution < -0.4 is 5.32 Å². The second-order valence-electron chi connectivity index (χ2n) is 4.75. The van der Waals surface area contributed by atoms with Crippen molar-refractivity contribution in [1.82, 2.24) is 5.32 Å². The summed E-state index contributed by atoms with van der Waals surface area (Å²) < 4.78 is 35.5. The monoisotopic (exact) mass is 237 g/mol. The number of halogens is 2. The predicted molar refractivity (Wildman–Crippen MR) is 53.3 cm³/mol. The van der Waals surface area contributed by atoms with Gasteiger partial charge in [-0.2, -0.15) is 8.78 Å². The zero-order valence-electron chi connectivity index (χ0n) is 9.68. The summed E-state index contributed by atoms with van der Waals surface area (Å²) in [6, 6.07) is -1.31. The van der Waals surface area contributed by atoms with Gasteiger partial charge in [-0.05, 0) is 33.6 Å². The Hall–Kier alpha value is -0.910. The molecule has 0 aliphatic carbocycles. The maximum Gasteiger partial charge on any atom is 0.408 e. The molecule has 94 valence electrons. The third-order valence-electron chi connectivity index (χ3n) is 2.03. The molecule has 1 atom stereocenters. The summed E-state index contributed by atoms with van der Waals surface area (Å²) in [5.74, 6) is 0. The average Bonchev–Trinajstić information content (AvgIpc) is 2.05. The van der Waals surface area contributed by atoms with E-state index in [-0.39, 0.29) is 13.0 Å². The van der Waals surface area contributed by atoms with Crippen molar-refractivity contribution in [2.24, 2.45) is 0 Å². The minimum atomic E-state index is -3.31. The van der Waals surface area contributed by atoms with Gasteiger partial charge in [0.25, 0.3) is 0 Å². The van der Waals surface area contributed by atoms with Crippen molar-refractivity contribution in [3.8, 4) is 0 Å². The van der Waals surface area contributed by atoms with E-state index in [9.17, 15) is 13.6 Å². The number of hydrogen-bond donors (Lipinski definition) is 1. The molecular formula is C10H17F2NO3. The van der Waals surface area contributed by atoms with Crippen LogP contribution >= 0.6 is 0 Å². The normalized spacial score (nSPS) is 24.9. The van der Waals surface area contributed by atoms with E-state index in [1.807, 2.05) is 0 Å². The maximum atomic E-state index is 13.2. The molecule has 1 saturated heterocycles. The SMILES string of the molecule is CC(C)(C)OC(=O)NC1CCCOC1(F)F. The lowest BCUT2D eigenvalue weighted by Gasteiger charge is -2.32. The van der Waals surface area contributed by atoms with E-state index < -0.39 is 23.8 Å². The molecule has 1 N–H and O–H groups in total. The minimum absolute atomic E-state index is 0.0134. The van der Waals surface area contributed by atoms with E-state index in [0.717, 1.165) is 0 Å². The predicted octanol–water partition coefficient (Wildman–Crippen LogP) is 2.28. The minimum Gasteiger partial charge on any atom is -0.444 e.